The van der Waals surface area contributed by atoms with E-state index in [-0.39, 0.29) is 0 Å². The van der Waals surface area contributed by atoms with Crippen molar-refractivity contribution in [2.75, 3.05) is 19.3 Å². The minimum absolute atomic E-state index is 0.451. The summed E-state index contributed by atoms with van der Waals surface area (Å²) >= 11 is 6.03. The van der Waals surface area contributed by atoms with Crippen LogP contribution in [0.5, 0.6) is 0 Å². The van der Waals surface area contributed by atoms with E-state index in [4.69, 9.17) is 17.3 Å². The Kier molecular flexibility index (Phi) is 8.00. The molecule has 0 unspecified atom stereocenters. The van der Waals surface area contributed by atoms with Gasteiger partial charge in [-0.15, -0.1) is 0 Å². The van der Waals surface area contributed by atoms with Gasteiger partial charge < -0.3 is 10.6 Å². The zero-order chi connectivity index (χ0) is 13.4. The van der Waals surface area contributed by atoms with Crippen molar-refractivity contribution in [1.82, 2.24) is 14.7 Å². The van der Waals surface area contributed by atoms with Crippen molar-refractivity contribution >= 4 is 17.4 Å². The van der Waals surface area contributed by atoms with Gasteiger partial charge in [-0.3, -0.25) is 4.68 Å². The molecule has 1 aromatic rings. The number of aryl methyl sites for hydroxylation is 1. The predicted molar refractivity (Wildman–Crippen MR) is 75.3 cm³/mol. The number of hydrogen-bond acceptors (Lipinski definition) is 3. The van der Waals surface area contributed by atoms with E-state index in [0.29, 0.717) is 10.8 Å². The van der Waals surface area contributed by atoms with Gasteiger partial charge in [-0.05, 0) is 13.5 Å². The van der Waals surface area contributed by atoms with E-state index in [1.54, 1.807) is 0 Å². The van der Waals surface area contributed by atoms with Crippen molar-refractivity contribution in [3.05, 3.63) is 10.7 Å². The van der Waals surface area contributed by atoms with Crippen LogP contribution in [0.3, 0.4) is 0 Å². The summed E-state index contributed by atoms with van der Waals surface area (Å²) in [7, 11) is 2.08. The number of nitrogens with zero attached hydrogens (tertiary/aromatic N) is 3. The van der Waals surface area contributed by atoms with E-state index in [2.05, 4.69) is 17.0 Å². The molecule has 0 aromatic carbocycles. The number of nitrogen functional groups attached to an aromatic ring is 1. The van der Waals surface area contributed by atoms with Crippen LogP contribution in [0.15, 0.2) is 0 Å². The summed E-state index contributed by atoms with van der Waals surface area (Å²) in [4.78, 5) is 2.23. The topological polar surface area (TPSA) is 47.1 Å². The fourth-order valence-electron chi connectivity index (χ4n) is 1.66. The molecule has 2 rings (SSSR count). The summed E-state index contributed by atoms with van der Waals surface area (Å²) in [5.41, 5.74) is 6.68. The molecule has 4 nitrogen and oxygen atoms in total. The highest BCUT2D eigenvalue weighted by Gasteiger charge is 2.18. The fraction of sp³-hybridized carbons (Fsp3) is 0.750. The van der Waals surface area contributed by atoms with Gasteiger partial charge in [-0.25, -0.2) is 0 Å². The van der Waals surface area contributed by atoms with Crippen LogP contribution >= 0.6 is 11.6 Å². The van der Waals surface area contributed by atoms with Gasteiger partial charge in [0.05, 0.1) is 5.69 Å². The number of nitrogens with two attached hydrogens (primary N) is 1. The summed E-state index contributed by atoms with van der Waals surface area (Å²) in [6.45, 7) is 10.8. The standard InChI is InChI=1S/C8H13ClN4.2C2H6/c1-12-3-2-4-13-6(5-12)7(9)8(10)11-13;2*1-2/h2-5H2,1H3,(H2,10,11);2*1-2H3. The zero-order valence-electron chi connectivity index (χ0n) is 11.6. The van der Waals surface area contributed by atoms with Crippen LogP contribution in [0.4, 0.5) is 5.82 Å². The maximum absolute atomic E-state index is 6.03. The van der Waals surface area contributed by atoms with Gasteiger partial charge in [0.1, 0.15) is 5.02 Å². The van der Waals surface area contributed by atoms with Crippen molar-refractivity contribution < 1.29 is 0 Å². The molecule has 5 heteroatoms. The van der Waals surface area contributed by atoms with Gasteiger partial charge in [-0.1, -0.05) is 39.3 Å². The molecule has 1 aromatic heterocycles. The first-order valence-electron chi connectivity index (χ1n) is 6.37. The van der Waals surface area contributed by atoms with Crippen LogP contribution in [-0.4, -0.2) is 28.3 Å². The smallest absolute Gasteiger partial charge is 0.164 e. The van der Waals surface area contributed by atoms with Crippen molar-refractivity contribution in [2.24, 2.45) is 0 Å². The second kappa shape index (κ2) is 8.37. The summed E-state index contributed by atoms with van der Waals surface area (Å²) in [6.07, 6.45) is 1.10. The zero-order valence-corrected chi connectivity index (χ0v) is 12.4. The third-order valence-electron chi connectivity index (χ3n) is 2.35. The first kappa shape index (κ1) is 16.3. The Morgan fingerprint density at radius 1 is 1.18 bits per heavy atom. The maximum Gasteiger partial charge on any atom is 0.164 e. The molecule has 0 saturated carbocycles. The first-order chi connectivity index (χ1) is 8.18. The lowest BCUT2D eigenvalue weighted by Gasteiger charge is -2.11. The molecule has 0 fully saturated rings. The molecule has 0 amide bonds. The fourth-order valence-corrected chi connectivity index (χ4v) is 1.85. The van der Waals surface area contributed by atoms with Crippen LogP contribution in [0.2, 0.25) is 5.02 Å². The molecule has 100 valence electrons. The highest BCUT2D eigenvalue weighted by Crippen LogP contribution is 2.25. The summed E-state index contributed by atoms with van der Waals surface area (Å²) in [6, 6.07) is 0. The van der Waals surface area contributed by atoms with E-state index in [0.717, 1.165) is 31.7 Å². The molecular formula is C12H25ClN4. The molecule has 2 heterocycles. The van der Waals surface area contributed by atoms with Gasteiger partial charge in [0.25, 0.3) is 0 Å². The molecule has 17 heavy (non-hydrogen) atoms. The lowest BCUT2D eigenvalue weighted by Crippen LogP contribution is -2.17. The average Bonchev–Trinajstić information content (AvgIpc) is 2.55. The van der Waals surface area contributed by atoms with Gasteiger partial charge in [-0.2, -0.15) is 5.10 Å². The van der Waals surface area contributed by atoms with Crippen LogP contribution in [-0.2, 0) is 13.1 Å². The van der Waals surface area contributed by atoms with Gasteiger partial charge in [0.2, 0.25) is 0 Å². The molecule has 0 spiro atoms. The van der Waals surface area contributed by atoms with Crippen LogP contribution in [0, 0.1) is 0 Å². The normalized spacial score (nSPS) is 14.7. The van der Waals surface area contributed by atoms with E-state index in [1.807, 2.05) is 32.4 Å². The summed E-state index contributed by atoms with van der Waals surface area (Å²) in [5, 5.41) is 4.80. The molecule has 1 aliphatic rings. The Morgan fingerprint density at radius 2 is 1.76 bits per heavy atom. The Bertz CT molecular complexity index is 323. The minimum Gasteiger partial charge on any atom is -0.381 e. The van der Waals surface area contributed by atoms with E-state index >= 15 is 0 Å². The number of aromatic nitrogens is 2. The quantitative estimate of drug-likeness (QED) is 0.780. The third kappa shape index (κ3) is 4.21. The Labute approximate surface area is 110 Å². The third-order valence-corrected chi connectivity index (χ3v) is 2.76. The highest BCUT2D eigenvalue weighted by molar-refractivity contribution is 6.33. The second-order valence-corrected chi connectivity index (χ2v) is 3.84. The lowest BCUT2D eigenvalue weighted by molar-refractivity contribution is 0.332. The maximum atomic E-state index is 6.03. The number of hydrogen-bond donors (Lipinski definition) is 1. The van der Waals surface area contributed by atoms with Crippen LogP contribution in [0.1, 0.15) is 39.8 Å². The predicted octanol–water partition coefficient (Wildman–Crippen LogP) is 3.01. The molecular weight excluding hydrogens is 236 g/mol. The number of fused-ring (bicyclic) bond motifs is 1. The Hall–Kier alpha value is -0.740. The average molecular weight is 261 g/mol. The van der Waals surface area contributed by atoms with Crippen LogP contribution < -0.4 is 5.73 Å². The molecule has 0 aliphatic carbocycles. The Balaban J connectivity index is 0.000000581. The molecule has 0 saturated heterocycles. The SMILES string of the molecule is CC.CC.CN1CCCn2nc(N)c(Cl)c2C1. The van der Waals surface area contributed by atoms with E-state index < -0.39 is 0 Å². The number of rotatable bonds is 0. The van der Waals surface area contributed by atoms with Crippen LogP contribution in [0.25, 0.3) is 0 Å². The molecule has 2 N–H and O–H groups in total. The summed E-state index contributed by atoms with van der Waals surface area (Å²) < 4.78 is 1.92. The van der Waals surface area contributed by atoms with Gasteiger partial charge in [0.15, 0.2) is 5.82 Å². The number of halogens is 1. The monoisotopic (exact) mass is 260 g/mol. The van der Waals surface area contributed by atoms with Crippen molar-refractivity contribution in [1.29, 1.82) is 0 Å². The van der Waals surface area contributed by atoms with E-state index in [1.165, 1.54) is 0 Å². The van der Waals surface area contributed by atoms with Crippen molar-refractivity contribution in [3.8, 4) is 0 Å². The molecule has 1 aliphatic heterocycles. The van der Waals surface area contributed by atoms with Crippen molar-refractivity contribution in [3.63, 3.8) is 0 Å². The molecule has 0 radical (unpaired) electrons. The highest BCUT2D eigenvalue weighted by atomic mass is 35.5. The molecule has 0 atom stereocenters. The lowest BCUT2D eigenvalue weighted by atomic mass is 10.4. The number of anilines is 1. The van der Waals surface area contributed by atoms with Gasteiger partial charge >= 0.3 is 0 Å². The largest absolute Gasteiger partial charge is 0.381 e. The second-order valence-electron chi connectivity index (χ2n) is 3.46. The van der Waals surface area contributed by atoms with Crippen molar-refractivity contribution in [2.45, 2.75) is 47.2 Å². The molecule has 0 bridgehead atoms. The minimum atomic E-state index is 0.451. The van der Waals surface area contributed by atoms with Gasteiger partial charge in [0, 0.05) is 19.6 Å². The summed E-state index contributed by atoms with van der Waals surface area (Å²) in [5.74, 6) is 0.451. The first-order valence-corrected chi connectivity index (χ1v) is 6.75. The Morgan fingerprint density at radius 3 is 2.35 bits per heavy atom. The van der Waals surface area contributed by atoms with E-state index in [9.17, 15) is 0 Å².